The molecule has 1 aromatic rings. The number of benzene rings is 1. The van der Waals surface area contributed by atoms with Crippen LogP contribution in [0.5, 0.6) is 0 Å². The van der Waals surface area contributed by atoms with Gasteiger partial charge in [0.1, 0.15) is 12.1 Å². The highest BCUT2D eigenvalue weighted by Crippen LogP contribution is 2.41. The van der Waals surface area contributed by atoms with E-state index in [2.05, 4.69) is 30.1 Å². The molecule has 0 spiro atoms. The Morgan fingerprint density at radius 2 is 1.56 bits per heavy atom. The van der Waals surface area contributed by atoms with Crippen LogP contribution in [0.1, 0.15) is 111 Å². The van der Waals surface area contributed by atoms with E-state index in [9.17, 15) is 38.4 Å². The average Bonchev–Trinajstić information content (AvgIpc) is 4.19. The van der Waals surface area contributed by atoms with Gasteiger partial charge >= 0.3 is 0 Å². The van der Waals surface area contributed by atoms with Gasteiger partial charge in [0.15, 0.2) is 0 Å². The molecule has 3 heterocycles. The quantitative estimate of drug-likeness (QED) is 0.0659. The third-order valence-electron chi connectivity index (χ3n) is 15.8. The van der Waals surface area contributed by atoms with Crippen LogP contribution in [0.4, 0.5) is 5.69 Å². The van der Waals surface area contributed by atoms with Gasteiger partial charge in [-0.1, -0.05) is 59.6 Å². The Bertz CT molecular complexity index is 2090. The van der Waals surface area contributed by atoms with Crippen molar-refractivity contribution in [3.05, 3.63) is 42.0 Å². The number of ether oxygens (including phenoxy) is 2. The zero-order valence-corrected chi connectivity index (χ0v) is 45.5. The van der Waals surface area contributed by atoms with Gasteiger partial charge in [-0.05, 0) is 93.6 Å². The molecule has 0 radical (unpaired) electrons. The SMILES string of the molecule is CC[C@H](C)[C@@H]([C@@H](CC(=O)N1CCC[C@H]1[C@H](OC)[C@@H](C)C(=O)N[C@@H](CP)C(=O)N(C)c1ccc(CNC(=O)CCCCCN2C(=O)C=CC2=O)cc1)OC)N(C)C(=O)[C@@H](NC(=O)[C@@H]1[C@H]2CC[C@H](C2)N1C)C(C)C. The molecule has 1 saturated carbocycles. The van der Waals surface area contributed by atoms with Crippen LogP contribution in [-0.4, -0.2) is 170 Å². The highest BCUT2D eigenvalue weighted by atomic mass is 31.0. The van der Waals surface area contributed by atoms with Crippen LogP contribution in [0.3, 0.4) is 0 Å². The number of hydrogen-bond acceptors (Lipinski definition) is 11. The summed E-state index contributed by atoms with van der Waals surface area (Å²) >= 11 is 0. The number of nitrogens with one attached hydrogen (secondary N) is 3. The van der Waals surface area contributed by atoms with Crippen molar-refractivity contribution in [2.45, 2.75) is 160 Å². The minimum atomic E-state index is -0.872. The fourth-order valence-electron chi connectivity index (χ4n) is 11.3. The lowest BCUT2D eigenvalue weighted by atomic mass is 9.89. The van der Waals surface area contributed by atoms with E-state index in [-0.39, 0.29) is 77.7 Å². The molecule has 8 amide bonds. The molecule has 1 aromatic carbocycles. The average molecular weight is 1020 g/mol. The first-order chi connectivity index (χ1) is 34.3. The standard InChI is InChI=1S/C53H83N8O10P/c1-11-33(4)47(59(8)53(69)46(32(2)3)56-51(67)48-36-20-23-38(28-36)57(48)6)41(70-9)29-45(65)60-27-15-16-40(60)49(71-10)34(5)50(66)55-39(31-72)52(68)58(7)37-21-18-35(19-22-37)30-54-42(62)17-13-12-14-26-61-43(63)24-25-44(61)64/h18-19,21-22,24-25,32-34,36,38-41,46-49H,11-17,20,23,26-31,72H2,1-10H3,(H,54,62)(H,55,66)(H,56,67)/t33-,34+,36-,38+,39-,40-,41+,46-,47-,48-,49+/m0/s1. The fourth-order valence-corrected chi connectivity index (χ4v) is 11.6. The minimum Gasteiger partial charge on any atom is -0.379 e. The fraction of sp³-hybridized carbons (Fsp3) is 0.698. The lowest BCUT2D eigenvalue weighted by Crippen LogP contribution is -2.60. The number of anilines is 1. The van der Waals surface area contributed by atoms with Crippen LogP contribution in [0, 0.1) is 23.7 Å². The van der Waals surface area contributed by atoms with E-state index in [1.165, 1.54) is 29.1 Å². The molecule has 1 aliphatic carbocycles. The van der Waals surface area contributed by atoms with E-state index in [0.29, 0.717) is 75.8 Å². The van der Waals surface area contributed by atoms with Crippen molar-refractivity contribution in [2.75, 3.05) is 59.5 Å². The molecule has 18 nitrogen and oxygen atoms in total. The van der Waals surface area contributed by atoms with Gasteiger partial charge in [-0.15, -0.1) is 9.24 Å². The summed E-state index contributed by atoms with van der Waals surface area (Å²) in [5.41, 5.74) is 1.44. The predicted octanol–water partition coefficient (Wildman–Crippen LogP) is 3.65. The van der Waals surface area contributed by atoms with Gasteiger partial charge in [0, 0.05) is 78.3 Å². The number of nitrogens with zero attached hydrogens (tertiary/aromatic N) is 5. The number of likely N-dealkylation sites (N-methyl/N-ethyl adjacent to an activating group) is 3. The maximum absolute atomic E-state index is 14.4. The summed E-state index contributed by atoms with van der Waals surface area (Å²) in [5, 5.41) is 8.97. The van der Waals surface area contributed by atoms with Crippen LogP contribution in [0.2, 0.25) is 0 Å². The minimum absolute atomic E-state index is 0.00838. The maximum atomic E-state index is 14.4. The van der Waals surface area contributed by atoms with Crippen molar-refractivity contribution in [3.8, 4) is 0 Å². The Kier molecular flexibility index (Phi) is 21.8. The second-order valence-corrected chi connectivity index (χ2v) is 21.2. The number of unbranched alkanes of at least 4 members (excludes halogenated alkanes) is 2. The molecule has 5 rings (SSSR count). The zero-order chi connectivity index (χ0) is 53.0. The molecule has 0 aromatic heterocycles. The summed E-state index contributed by atoms with van der Waals surface area (Å²) in [7, 11) is 11.0. The molecule has 1 unspecified atom stereocenters. The summed E-state index contributed by atoms with van der Waals surface area (Å²) in [6.07, 6.45) is 8.85. The summed E-state index contributed by atoms with van der Waals surface area (Å²) in [6, 6.07) is 4.84. The Morgan fingerprint density at radius 1 is 0.875 bits per heavy atom. The molecular formula is C53H83N8O10P. The highest BCUT2D eigenvalue weighted by molar-refractivity contribution is 7.16. The third kappa shape index (κ3) is 14.1. The number of piperidine rings is 1. The van der Waals surface area contributed by atoms with Crippen molar-refractivity contribution < 1.29 is 47.8 Å². The van der Waals surface area contributed by atoms with Crippen LogP contribution in [0.25, 0.3) is 0 Å². The van der Waals surface area contributed by atoms with Gasteiger partial charge in [0.2, 0.25) is 35.4 Å². The van der Waals surface area contributed by atoms with Gasteiger partial charge in [0.05, 0.1) is 42.7 Å². The first-order valence-electron chi connectivity index (χ1n) is 26.1. The van der Waals surface area contributed by atoms with Gasteiger partial charge in [-0.25, -0.2) is 0 Å². The van der Waals surface area contributed by atoms with Gasteiger partial charge in [-0.2, -0.15) is 0 Å². The molecule has 400 valence electrons. The van der Waals surface area contributed by atoms with Crippen molar-refractivity contribution in [1.29, 1.82) is 0 Å². The van der Waals surface area contributed by atoms with Crippen LogP contribution < -0.4 is 20.9 Å². The van der Waals surface area contributed by atoms with Crippen molar-refractivity contribution >= 4 is 62.2 Å². The number of rotatable bonds is 27. The monoisotopic (exact) mass is 1020 g/mol. The molecular weight excluding hydrogens is 940 g/mol. The van der Waals surface area contributed by atoms with E-state index in [1.54, 1.807) is 50.1 Å². The van der Waals surface area contributed by atoms with Crippen molar-refractivity contribution in [3.63, 3.8) is 0 Å². The van der Waals surface area contributed by atoms with E-state index in [1.807, 2.05) is 46.9 Å². The number of likely N-dealkylation sites (tertiary alicyclic amines) is 2. The number of fused-ring (bicyclic) bond motifs is 2. The third-order valence-corrected chi connectivity index (χ3v) is 16.3. The normalized spacial score (nSPS) is 22.6. The topological polar surface area (TPSA) is 207 Å². The summed E-state index contributed by atoms with van der Waals surface area (Å²) in [5.74, 6) is -2.61. The molecule has 4 aliphatic rings. The van der Waals surface area contributed by atoms with Crippen molar-refractivity contribution in [1.82, 2.24) is 35.6 Å². The lowest BCUT2D eigenvalue weighted by molar-refractivity contribution is -0.148. The van der Waals surface area contributed by atoms with Crippen LogP contribution >= 0.6 is 9.24 Å². The molecule has 3 aliphatic heterocycles. The molecule has 3 fully saturated rings. The Hall–Kier alpha value is -4.77. The first kappa shape index (κ1) is 58.1. The Balaban J connectivity index is 1.14. The molecule has 72 heavy (non-hydrogen) atoms. The molecule has 2 saturated heterocycles. The highest BCUT2D eigenvalue weighted by Gasteiger charge is 2.49. The molecule has 3 N–H and O–H groups in total. The summed E-state index contributed by atoms with van der Waals surface area (Å²) in [4.78, 5) is 115. The second kappa shape index (κ2) is 27.0. The van der Waals surface area contributed by atoms with Gasteiger partial charge in [-0.3, -0.25) is 48.2 Å². The first-order valence-corrected chi connectivity index (χ1v) is 26.9. The Morgan fingerprint density at radius 3 is 2.14 bits per heavy atom. The predicted molar refractivity (Wildman–Crippen MR) is 278 cm³/mol. The van der Waals surface area contributed by atoms with Crippen LogP contribution in [-0.2, 0) is 54.4 Å². The lowest BCUT2D eigenvalue weighted by Gasteiger charge is -2.41. The van der Waals surface area contributed by atoms with Crippen molar-refractivity contribution in [2.24, 2.45) is 23.7 Å². The van der Waals surface area contributed by atoms with Gasteiger partial charge < -0.3 is 40.1 Å². The van der Waals surface area contributed by atoms with E-state index < -0.39 is 42.3 Å². The molecule has 12 atom stereocenters. The zero-order valence-electron chi connectivity index (χ0n) is 44.4. The number of carbonyl (C=O) groups is 8. The number of amides is 8. The second-order valence-electron chi connectivity index (χ2n) is 20.8. The smallest absolute Gasteiger partial charge is 0.253 e. The molecule has 2 bridgehead atoms. The summed E-state index contributed by atoms with van der Waals surface area (Å²) in [6.45, 7) is 10.8. The Labute approximate surface area is 429 Å². The van der Waals surface area contributed by atoms with E-state index in [4.69, 9.17) is 9.47 Å². The summed E-state index contributed by atoms with van der Waals surface area (Å²) < 4.78 is 12.1. The number of methoxy groups -OCH3 is 2. The largest absolute Gasteiger partial charge is 0.379 e. The maximum Gasteiger partial charge on any atom is 0.253 e. The van der Waals surface area contributed by atoms with E-state index >= 15 is 0 Å². The van der Waals surface area contributed by atoms with Crippen LogP contribution in [0.15, 0.2) is 36.4 Å². The number of imide groups is 1. The van der Waals surface area contributed by atoms with Gasteiger partial charge in [0.25, 0.3) is 11.8 Å². The number of carbonyl (C=O) groups excluding carboxylic acids is 8. The molecule has 19 heteroatoms. The number of hydrogen-bond donors (Lipinski definition) is 3. The van der Waals surface area contributed by atoms with E-state index in [0.717, 1.165) is 31.2 Å².